The SMILES string of the molecule is CCOC(CC)c1nc(Cl)c(CC)c(Cl)n1. The van der Waals surface area contributed by atoms with Crippen LogP contribution in [-0.4, -0.2) is 16.6 Å². The smallest absolute Gasteiger partial charge is 0.160 e. The van der Waals surface area contributed by atoms with E-state index in [9.17, 15) is 0 Å². The quantitative estimate of drug-likeness (QED) is 0.757. The lowest BCUT2D eigenvalue weighted by atomic mass is 10.2. The molecule has 1 aromatic rings. The van der Waals surface area contributed by atoms with Gasteiger partial charge in [0, 0.05) is 12.2 Å². The summed E-state index contributed by atoms with van der Waals surface area (Å²) in [6.07, 6.45) is 1.39. The molecule has 0 fully saturated rings. The van der Waals surface area contributed by atoms with Gasteiger partial charge in [0.1, 0.15) is 16.4 Å². The predicted molar refractivity (Wildman–Crippen MR) is 66.1 cm³/mol. The Balaban J connectivity index is 3.06. The van der Waals surface area contributed by atoms with Gasteiger partial charge in [0.15, 0.2) is 5.82 Å². The Bertz CT molecular complexity index is 335. The van der Waals surface area contributed by atoms with Gasteiger partial charge in [-0.15, -0.1) is 0 Å². The van der Waals surface area contributed by atoms with Crippen molar-refractivity contribution in [2.24, 2.45) is 0 Å². The fourth-order valence-corrected chi connectivity index (χ4v) is 2.13. The monoisotopic (exact) mass is 262 g/mol. The minimum absolute atomic E-state index is 0.133. The van der Waals surface area contributed by atoms with Crippen LogP contribution < -0.4 is 0 Å². The standard InChI is InChI=1S/C11H16Cl2N2O/c1-4-7-9(12)14-11(15-10(7)13)8(5-2)16-6-3/h8H,4-6H2,1-3H3. The van der Waals surface area contributed by atoms with Crippen molar-refractivity contribution in [3.05, 3.63) is 21.7 Å². The topological polar surface area (TPSA) is 35.0 Å². The number of aromatic nitrogens is 2. The van der Waals surface area contributed by atoms with Gasteiger partial charge < -0.3 is 4.74 Å². The van der Waals surface area contributed by atoms with Crippen LogP contribution in [0.1, 0.15) is 44.7 Å². The van der Waals surface area contributed by atoms with Crippen molar-refractivity contribution in [2.75, 3.05) is 6.61 Å². The molecule has 16 heavy (non-hydrogen) atoms. The third kappa shape index (κ3) is 3.06. The third-order valence-electron chi connectivity index (χ3n) is 2.30. The molecule has 0 amide bonds. The van der Waals surface area contributed by atoms with E-state index in [1.54, 1.807) is 0 Å². The van der Waals surface area contributed by atoms with E-state index in [1.165, 1.54) is 0 Å². The van der Waals surface area contributed by atoms with Gasteiger partial charge in [0.05, 0.1) is 0 Å². The molecule has 0 bridgehead atoms. The predicted octanol–water partition coefficient (Wildman–Crippen LogP) is 3.83. The second-order valence-electron chi connectivity index (χ2n) is 3.35. The largest absolute Gasteiger partial charge is 0.371 e. The van der Waals surface area contributed by atoms with Crippen LogP contribution in [0.4, 0.5) is 0 Å². The Morgan fingerprint density at radius 2 is 1.69 bits per heavy atom. The minimum atomic E-state index is -0.133. The molecule has 5 heteroatoms. The number of rotatable bonds is 5. The Morgan fingerprint density at radius 1 is 1.12 bits per heavy atom. The lowest BCUT2D eigenvalue weighted by molar-refractivity contribution is 0.0534. The Kier molecular flexibility index (Phi) is 5.46. The summed E-state index contributed by atoms with van der Waals surface area (Å²) in [4.78, 5) is 8.48. The molecule has 0 aliphatic rings. The molecule has 1 unspecified atom stereocenters. The lowest BCUT2D eigenvalue weighted by Gasteiger charge is -2.15. The van der Waals surface area contributed by atoms with Crippen molar-refractivity contribution in [3.63, 3.8) is 0 Å². The number of hydrogen-bond acceptors (Lipinski definition) is 3. The van der Waals surface area contributed by atoms with Gasteiger partial charge in [-0.3, -0.25) is 0 Å². The molecule has 1 rings (SSSR count). The van der Waals surface area contributed by atoms with Crippen molar-refractivity contribution >= 4 is 23.2 Å². The third-order valence-corrected chi connectivity index (χ3v) is 2.93. The summed E-state index contributed by atoms with van der Waals surface area (Å²) in [6, 6.07) is 0. The molecular formula is C11H16Cl2N2O. The molecule has 0 spiro atoms. The fraction of sp³-hybridized carbons (Fsp3) is 0.636. The molecule has 0 saturated heterocycles. The lowest BCUT2D eigenvalue weighted by Crippen LogP contribution is -2.09. The van der Waals surface area contributed by atoms with Crippen molar-refractivity contribution in [1.29, 1.82) is 0 Å². The average molecular weight is 263 g/mol. The molecule has 0 aliphatic heterocycles. The van der Waals surface area contributed by atoms with Gasteiger partial charge in [-0.05, 0) is 19.8 Å². The number of ether oxygens (including phenoxy) is 1. The first kappa shape index (κ1) is 13.7. The van der Waals surface area contributed by atoms with E-state index in [1.807, 2.05) is 20.8 Å². The zero-order chi connectivity index (χ0) is 12.1. The summed E-state index contributed by atoms with van der Waals surface area (Å²) in [5.74, 6) is 0.566. The number of halogens is 2. The van der Waals surface area contributed by atoms with E-state index in [4.69, 9.17) is 27.9 Å². The highest BCUT2D eigenvalue weighted by atomic mass is 35.5. The van der Waals surface area contributed by atoms with Crippen LogP contribution in [0.5, 0.6) is 0 Å². The molecule has 0 aliphatic carbocycles. The van der Waals surface area contributed by atoms with Crippen LogP contribution in [0.3, 0.4) is 0 Å². The first-order valence-electron chi connectivity index (χ1n) is 5.47. The maximum absolute atomic E-state index is 6.04. The summed E-state index contributed by atoms with van der Waals surface area (Å²) >= 11 is 12.1. The van der Waals surface area contributed by atoms with Crippen LogP contribution in [-0.2, 0) is 11.2 Å². The Labute approximate surface area is 106 Å². The Morgan fingerprint density at radius 3 is 2.06 bits per heavy atom. The van der Waals surface area contributed by atoms with Crippen LogP contribution in [0.15, 0.2) is 0 Å². The highest BCUT2D eigenvalue weighted by Gasteiger charge is 2.17. The van der Waals surface area contributed by atoms with Gasteiger partial charge >= 0.3 is 0 Å². The molecule has 0 N–H and O–H groups in total. The van der Waals surface area contributed by atoms with Crippen LogP contribution >= 0.6 is 23.2 Å². The molecule has 1 heterocycles. The normalized spacial score (nSPS) is 12.8. The van der Waals surface area contributed by atoms with E-state index in [0.717, 1.165) is 18.4 Å². The van der Waals surface area contributed by atoms with Crippen molar-refractivity contribution in [3.8, 4) is 0 Å². The molecular weight excluding hydrogens is 247 g/mol. The molecule has 0 saturated carbocycles. The molecule has 1 atom stereocenters. The van der Waals surface area contributed by atoms with Gasteiger partial charge in [-0.2, -0.15) is 0 Å². The molecule has 90 valence electrons. The Hall–Kier alpha value is -0.380. The second kappa shape index (κ2) is 6.38. The summed E-state index contributed by atoms with van der Waals surface area (Å²) in [5.41, 5.74) is 0.790. The van der Waals surface area contributed by atoms with Gasteiger partial charge in [-0.1, -0.05) is 37.0 Å². The van der Waals surface area contributed by atoms with E-state index >= 15 is 0 Å². The van der Waals surface area contributed by atoms with Gasteiger partial charge in [0.25, 0.3) is 0 Å². The number of nitrogens with zero attached hydrogens (tertiary/aromatic N) is 2. The maximum atomic E-state index is 6.04. The van der Waals surface area contributed by atoms with Crippen molar-refractivity contribution < 1.29 is 4.74 Å². The zero-order valence-corrected chi connectivity index (χ0v) is 11.3. The number of hydrogen-bond donors (Lipinski definition) is 0. The van der Waals surface area contributed by atoms with E-state index in [2.05, 4.69) is 9.97 Å². The van der Waals surface area contributed by atoms with Crippen LogP contribution in [0, 0.1) is 0 Å². The van der Waals surface area contributed by atoms with E-state index < -0.39 is 0 Å². The molecule has 3 nitrogen and oxygen atoms in total. The highest BCUT2D eigenvalue weighted by molar-refractivity contribution is 6.34. The first-order valence-corrected chi connectivity index (χ1v) is 6.22. The molecule has 1 aromatic heterocycles. The van der Waals surface area contributed by atoms with Crippen LogP contribution in [0.25, 0.3) is 0 Å². The van der Waals surface area contributed by atoms with Crippen LogP contribution in [0.2, 0.25) is 10.3 Å². The van der Waals surface area contributed by atoms with E-state index in [0.29, 0.717) is 22.7 Å². The zero-order valence-electron chi connectivity index (χ0n) is 9.76. The second-order valence-corrected chi connectivity index (χ2v) is 4.06. The molecule has 0 aromatic carbocycles. The van der Waals surface area contributed by atoms with Gasteiger partial charge in [-0.25, -0.2) is 9.97 Å². The fourth-order valence-electron chi connectivity index (χ4n) is 1.46. The van der Waals surface area contributed by atoms with E-state index in [-0.39, 0.29) is 6.10 Å². The molecule has 0 radical (unpaired) electrons. The highest BCUT2D eigenvalue weighted by Crippen LogP contribution is 2.26. The van der Waals surface area contributed by atoms with Crippen molar-refractivity contribution in [2.45, 2.75) is 39.7 Å². The summed E-state index contributed by atoms with van der Waals surface area (Å²) in [6.45, 7) is 6.54. The summed E-state index contributed by atoms with van der Waals surface area (Å²) in [7, 11) is 0. The average Bonchev–Trinajstić information content (AvgIpc) is 2.25. The summed E-state index contributed by atoms with van der Waals surface area (Å²) < 4.78 is 5.52. The first-order chi connectivity index (χ1) is 7.63. The minimum Gasteiger partial charge on any atom is -0.371 e. The maximum Gasteiger partial charge on any atom is 0.160 e. The van der Waals surface area contributed by atoms with Gasteiger partial charge in [0.2, 0.25) is 0 Å². The van der Waals surface area contributed by atoms with Crippen molar-refractivity contribution in [1.82, 2.24) is 9.97 Å². The summed E-state index contributed by atoms with van der Waals surface area (Å²) in [5, 5.41) is 0.853.